The van der Waals surface area contributed by atoms with Gasteiger partial charge in [-0.2, -0.15) is 0 Å². The molecular weight excluding hydrogens is 931 g/mol. The van der Waals surface area contributed by atoms with Crippen LogP contribution in [0.25, 0.3) is 0 Å². The summed E-state index contributed by atoms with van der Waals surface area (Å²) in [5, 5.41) is 87.3. The third-order valence-corrected chi connectivity index (χ3v) is 15.6. The van der Waals surface area contributed by atoms with Crippen LogP contribution in [0.2, 0.25) is 0 Å². The maximum absolute atomic E-state index is 13.3. The molecule has 0 aromatic carbocycles. The Hall–Kier alpha value is -1.01. The van der Waals surface area contributed by atoms with Crippen LogP contribution >= 0.6 is 0 Å². The zero-order valence-electron chi connectivity index (χ0n) is 46.7. The Bertz CT molecular complexity index is 1230. The SMILES string of the molecule is CCCCCCCCCCCCCCCCCCCCCCCCCC(=O)N[C@@H](CO[C@@H]1O[C@H](CO)[C@@H](O[C@@H]2O[C@H](CO)[C@H](O)C(O)C2O)C(O)C1O)[C@H](O)CCCCCCCCCCCCCCCCCC. The average molecular weight is 1050 g/mol. The standard InChI is InChI=1S/C59H115NO13/c1-3-5-7-9-11-13-15-17-19-21-22-23-24-25-26-27-29-31-33-35-37-39-41-43-51(64)60-47(48(63)42-40-38-36-34-32-30-28-20-18-16-14-12-10-8-6-4-2)46-70-58-56(69)54(67)57(50(45-62)72-58)73-59-55(68)53(66)52(65)49(44-61)71-59/h47-50,52-59,61-63,65-69H,3-46H2,1-2H3,(H,60,64)/t47-,48+,49+,50+,52-,53?,54?,55?,56?,57+,58+,59-/m0/s1. The molecule has 0 radical (unpaired) electrons. The number of rotatable bonds is 50. The van der Waals surface area contributed by atoms with E-state index < -0.39 is 86.8 Å². The van der Waals surface area contributed by atoms with Gasteiger partial charge in [-0.1, -0.05) is 258 Å². The van der Waals surface area contributed by atoms with Gasteiger partial charge < -0.3 is 65.1 Å². The molecule has 0 saturated carbocycles. The molecule has 2 fully saturated rings. The van der Waals surface area contributed by atoms with E-state index in [1.807, 2.05) is 0 Å². The van der Waals surface area contributed by atoms with E-state index in [0.717, 1.165) is 51.4 Å². The van der Waals surface area contributed by atoms with Crippen molar-refractivity contribution >= 4 is 5.91 Å². The number of unbranched alkanes of at least 4 members (excludes halogenated alkanes) is 37. The van der Waals surface area contributed by atoms with Gasteiger partial charge in [-0.3, -0.25) is 4.79 Å². The normalized spacial score (nSPS) is 25.3. The Kier molecular flexibility index (Phi) is 42.9. The zero-order valence-corrected chi connectivity index (χ0v) is 46.7. The first-order valence-electron chi connectivity index (χ1n) is 30.8. The van der Waals surface area contributed by atoms with Gasteiger partial charge in [0, 0.05) is 6.42 Å². The van der Waals surface area contributed by atoms with Crippen LogP contribution in [0.15, 0.2) is 0 Å². The van der Waals surface area contributed by atoms with Crippen LogP contribution in [-0.2, 0) is 23.7 Å². The molecule has 2 saturated heterocycles. The van der Waals surface area contributed by atoms with E-state index >= 15 is 0 Å². The maximum atomic E-state index is 13.3. The van der Waals surface area contributed by atoms with E-state index in [0.29, 0.717) is 12.8 Å². The van der Waals surface area contributed by atoms with E-state index in [2.05, 4.69) is 19.2 Å². The van der Waals surface area contributed by atoms with Crippen molar-refractivity contribution in [2.75, 3.05) is 19.8 Å². The lowest BCUT2D eigenvalue weighted by atomic mass is 9.97. The molecule has 2 aliphatic heterocycles. The molecule has 0 bridgehead atoms. The summed E-state index contributed by atoms with van der Waals surface area (Å²) < 4.78 is 22.9. The highest BCUT2D eigenvalue weighted by Crippen LogP contribution is 2.30. The summed E-state index contributed by atoms with van der Waals surface area (Å²) in [5.74, 6) is -0.200. The third-order valence-electron chi connectivity index (χ3n) is 15.6. The van der Waals surface area contributed by atoms with Gasteiger partial charge in [-0.15, -0.1) is 0 Å². The van der Waals surface area contributed by atoms with Gasteiger partial charge in [0.25, 0.3) is 0 Å². The van der Waals surface area contributed by atoms with Crippen molar-refractivity contribution in [3.63, 3.8) is 0 Å². The minimum Gasteiger partial charge on any atom is -0.394 e. The fourth-order valence-electron chi connectivity index (χ4n) is 10.6. The molecule has 0 aliphatic carbocycles. The highest BCUT2D eigenvalue weighted by molar-refractivity contribution is 5.76. The number of aliphatic hydroxyl groups excluding tert-OH is 8. The van der Waals surface area contributed by atoms with Crippen molar-refractivity contribution in [1.82, 2.24) is 5.32 Å². The second kappa shape index (κ2) is 46.0. The van der Waals surface area contributed by atoms with E-state index in [9.17, 15) is 45.6 Å². The van der Waals surface area contributed by atoms with Gasteiger partial charge in [-0.25, -0.2) is 0 Å². The molecule has 12 atom stereocenters. The summed E-state index contributed by atoms with van der Waals surface area (Å²) >= 11 is 0. The highest BCUT2D eigenvalue weighted by Gasteiger charge is 2.51. The molecule has 2 rings (SSSR count). The lowest BCUT2D eigenvalue weighted by Gasteiger charge is -2.46. The Morgan fingerprint density at radius 2 is 0.781 bits per heavy atom. The quantitative estimate of drug-likeness (QED) is 0.0259. The Balaban J connectivity index is 1.72. The van der Waals surface area contributed by atoms with Crippen molar-refractivity contribution in [1.29, 1.82) is 0 Å². The summed E-state index contributed by atoms with van der Waals surface area (Å²) in [6.45, 7) is 2.90. The number of carbonyl (C=O) groups is 1. The minimum absolute atomic E-state index is 0.200. The Morgan fingerprint density at radius 1 is 0.438 bits per heavy atom. The van der Waals surface area contributed by atoms with Crippen molar-refractivity contribution in [3.8, 4) is 0 Å². The van der Waals surface area contributed by atoms with Gasteiger partial charge in [0.1, 0.15) is 48.8 Å². The van der Waals surface area contributed by atoms with E-state index in [4.69, 9.17) is 18.9 Å². The first-order chi connectivity index (χ1) is 35.6. The Morgan fingerprint density at radius 3 is 1.16 bits per heavy atom. The van der Waals surface area contributed by atoms with Crippen LogP contribution in [0, 0.1) is 0 Å². The van der Waals surface area contributed by atoms with Gasteiger partial charge >= 0.3 is 0 Å². The smallest absolute Gasteiger partial charge is 0.220 e. The third kappa shape index (κ3) is 31.9. The van der Waals surface area contributed by atoms with E-state index in [1.54, 1.807) is 0 Å². The molecule has 1 amide bonds. The molecule has 4 unspecified atom stereocenters. The number of carbonyl (C=O) groups excluding carboxylic acids is 1. The van der Waals surface area contributed by atoms with Crippen molar-refractivity contribution in [3.05, 3.63) is 0 Å². The molecule has 0 aromatic rings. The molecule has 0 spiro atoms. The summed E-state index contributed by atoms with van der Waals surface area (Å²) in [7, 11) is 0. The highest BCUT2D eigenvalue weighted by atomic mass is 16.7. The monoisotopic (exact) mass is 1050 g/mol. The van der Waals surface area contributed by atoms with Crippen molar-refractivity contribution < 1.29 is 64.6 Å². The number of ether oxygens (including phenoxy) is 4. The summed E-state index contributed by atoms with van der Waals surface area (Å²) in [5.41, 5.74) is 0. The van der Waals surface area contributed by atoms with Gasteiger partial charge in [-0.05, 0) is 12.8 Å². The molecule has 2 aliphatic rings. The number of hydrogen-bond donors (Lipinski definition) is 9. The largest absolute Gasteiger partial charge is 0.394 e. The molecule has 14 heteroatoms. The van der Waals surface area contributed by atoms with Crippen LogP contribution in [0.4, 0.5) is 0 Å². The summed E-state index contributed by atoms with van der Waals surface area (Å²) in [6, 6.07) is -0.822. The number of aliphatic hydroxyl groups is 8. The molecular formula is C59H115NO13. The molecule has 0 aromatic heterocycles. The first-order valence-corrected chi connectivity index (χ1v) is 30.8. The zero-order chi connectivity index (χ0) is 53.2. The van der Waals surface area contributed by atoms with Crippen LogP contribution in [0.5, 0.6) is 0 Å². The van der Waals surface area contributed by atoms with Crippen molar-refractivity contribution in [2.45, 2.75) is 351 Å². The fraction of sp³-hybridized carbons (Fsp3) is 0.983. The number of nitrogens with one attached hydrogen (secondary N) is 1. The fourth-order valence-corrected chi connectivity index (χ4v) is 10.6. The second-order valence-electron chi connectivity index (χ2n) is 22.2. The van der Waals surface area contributed by atoms with Crippen LogP contribution < -0.4 is 5.32 Å². The lowest BCUT2D eigenvalue weighted by Crippen LogP contribution is -2.65. The summed E-state index contributed by atoms with van der Waals surface area (Å²) in [6.07, 6.45) is 33.9. The first kappa shape index (κ1) is 68.1. The van der Waals surface area contributed by atoms with Crippen LogP contribution in [-0.4, -0.2) is 140 Å². The minimum atomic E-state index is -1.78. The predicted molar refractivity (Wildman–Crippen MR) is 291 cm³/mol. The molecule has 73 heavy (non-hydrogen) atoms. The molecule has 434 valence electrons. The molecule has 14 nitrogen and oxygen atoms in total. The Labute approximate surface area is 444 Å². The van der Waals surface area contributed by atoms with Gasteiger partial charge in [0.2, 0.25) is 5.91 Å². The van der Waals surface area contributed by atoms with E-state index in [-0.39, 0.29) is 12.5 Å². The molecule has 2 heterocycles. The summed E-state index contributed by atoms with van der Waals surface area (Å²) in [4.78, 5) is 13.3. The molecule has 9 N–H and O–H groups in total. The number of hydrogen-bond acceptors (Lipinski definition) is 13. The number of amides is 1. The van der Waals surface area contributed by atoms with Gasteiger partial charge in [0.05, 0.1) is 32.0 Å². The lowest BCUT2D eigenvalue weighted by molar-refractivity contribution is -0.359. The maximum Gasteiger partial charge on any atom is 0.220 e. The predicted octanol–water partition coefficient (Wildman–Crippen LogP) is 10.5. The van der Waals surface area contributed by atoms with Crippen LogP contribution in [0.3, 0.4) is 0 Å². The topological polar surface area (TPSA) is 228 Å². The van der Waals surface area contributed by atoms with Crippen molar-refractivity contribution in [2.24, 2.45) is 0 Å². The average Bonchev–Trinajstić information content (AvgIpc) is 3.39. The second-order valence-corrected chi connectivity index (χ2v) is 22.2. The van der Waals surface area contributed by atoms with Crippen LogP contribution in [0.1, 0.15) is 277 Å². The van der Waals surface area contributed by atoms with Gasteiger partial charge in [0.15, 0.2) is 12.6 Å². The van der Waals surface area contributed by atoms with E-state index in [1.165, 1.54) is 199 Å².